The maximum atomic E-state index is 13.2. The van der Waals surface area contributed by atoms with Crippen molar-refractivity contribution < 1.29 is 32.6 Å². The molecule has 30 heavy (non-hydrogen) atoms. The third-order valence-electron chi connectivity index (χ3n) is 4.67. The van der Waals surface area contributed by atoms with E-state index >= 15 is 0 Å². The van der Waals surface area contributed by atoms with Gasteiger partial charge in [0.15, 0.2) is 0 Å². The van der Waals surface area contributed by atoms with Crippen LogP contribution in [0.15, 0.2) is 34.9 Å². The zero-order chi connectivity index (χ0) is 22.0. The number of benzene rings is 1. The first-order chi connectivity index (χ1) is 14.3. The number of halogens is 2. The van der Waals surface area contributed by atoms with Gasteiger partial charge < -0.3 is 25.7 Å². The van der Waals surface area contributed by atoms with Gasteiger partial charge in [0.2, 0.25) is 5.91 Å². The van der Waals surface area contributed by atoms with E-state index in [1.54, 1.807) is 0 Å². The number of aryl methyl sites for hydroxylation is 1. The molecule has 1 unspecified atom stereocenters. The lowest BCUT2D eigenvalue weighted by Crippen LogP contribution is -2.25. The van der Waals surface area contributed by atoms with Crippen LogP contribution in [0.2, 0.25) is 0 Å². The summed E-state index contributed by atoms with van der Waals surface area (Å²) < 4.78 is 37.7. The van der Waals surface area contributed by atoms with Crippen molar-refractivity contribution in [2.24, 2.45) is 11.5 Å². The number of hydrogen-bond donors (Lipinski definition) is 3. The topological polar surface area (TPSA) is 142 Å². The summed E-state index contributed by atoms with van der Waals surface area (Å²) in [5.74, 6) is -2.66. The molecule has 0 bridgehead atoms. The summed E-state index contributed by atoms with van der Waals surface area (Å²) in [5.41, 5.74) is 10.9. The maximum Gasteiger partial charge on any atom is 0.280 e. The Balaban J connectivity index is 2.16. The number of hydrogen-bond acceptors (Lipinski definition) is 6. The number of amides is 2. The second kappa shape index (κ2) is 8.46. The van der Waals surface area contributed by atoms with Crippen LogP contribution in [0, 0.1) is 6.92 Å². The third kappa shape index (κ3) is 3.81. The summed E-state index contributed by atoms with van der Waals surface area (Å²) in [6, 6.07) is 5.84. The minimum Gasteiger partial charge on any atom is -0.488 e. The summed E-state index contributed by atoms with van der Waals surface area (Å²) in [7, 11) is 0. The Morgan fingerprint density at radius 1 is 1.27 bits per heavy atom. The van der Waals surface area contributed by atoms with E-state index in [1.807, 2.05) is 0 Å². The Hall–Kier alpha value is -3.53. The lowest BCUT2D eigenvalue weighted by atomic mass is 9.92. The fraction of sp³-hybridized carbons (Fsp3) is 0.250. The van der Waals surface area contributed by atoms with E-state index in [4.69, 9.17) is 20.6 Å². The van der Waals surface area contributed by atoms with Crippen molar-refractivity contribution in [2.75, 3.05) is 6.61 Å². The molecule has 5 N–H and O–H groups in total. The zero-order valence-corrected chi connectivity index (χ0v) is 15.9. The van der Waals surface area contributed by atoms with Gasteiger partial charge in [0, 0.05) is 22.7 Å². The van der Waals surface area contributed by atoms with Crippen molar-refractivity contribution in [3.63, 3.8) is 0 Å². The Morgan fingerprint density at radius 2 is 2.00 bits per heavy atom. The Labute approximate surface area is 169 Å². The Morgan fingerprint density at radius 3 is 2.60 bits per heavy atom. The average Bonchev–Trinajstić information content (AvgIpc) is 3.03. The number of aliphatic hydroxyl groups excluding tert-OH is 1. The molecule has 0 radical (unpaired) electrons. The number of furan rings is 1. The molecule has 1 aromatic carbocycles. The van der Waals surface area contributed by atoms with Crippen LogP contribution in [0.3, 0.4) is 0 Å². The molecule has 1 atom stereocenters. The number of primary amides is 2. The molecular weight excluding hydrogens is 400 g/mol. The molecule has 0 spiro atoms. The van der Waals surface area contributed by atoms with Gasteiger partial charge in [-0.15, -0.1) is 0 Å². The molecule has 3 rings (SSSR count). The number of rotatable bonds is 8. The molecule has 0 aliphatic carbocycles. The largest absolute Gasteiger partial charge is 0.488 e. The normalized spacial score (nSPS) is 12.3. The standard InChI is InChI=1S/C20H19F2N3O5/c1-9-14(20(24)28)16-13(30-9)5-4-12(15(16)11(7-26)19(23)27)29-8-10-3-2-6-25-17(10)18(21)22/h2-6,11,18,26H,7-8H2,1H3,(H2,23,27)(H2,24,28). The van der Waals surface area contributed by atoms with E-state index in [2.05, 4.69) is 4.98 Å². The van der Waals surface area contributed by atoms with Crippen molar-refractivity contribution >= 4 is 22.8 Å². The van der Waals surface area contributed by atoms with E-state index in [9.17, 15) is 23.5 Å². The SMILES string of the molecule is Cc1oc2ccc(OCc3cccnc3C(F)F)c(C(CO)C(N)=O)c2c1C(N)=O. The van der Waals surface area contributed by atoms with Gasteiger partial charge in [-0.3, -0.25) is 14.6 Å². The van der Waals surface area contributed by atoms with Crippen LogP contribution in [-0.2, 0) is 11.4 Å². The number of ether oxygens (including phenoxy) is 1. The van der Waals surface area contributed by atoms with E-state index in [-0.39, 0.29) is 45.8 Å². The molecule has 0 saturated heterocycles. The van der Waals surface area contributed by atoms with Gasteiger partial charge in [-0.05, 0) is 25.1 Å². The van der Waals surface area contributed by atoms with Crippen molar-refractivity contribution in [2.45, 2.75) is 25.9 Å². The number of fused-ring (bicyclic) bond motifs is 1. The summed E-state index contributed by atoms with van der Waals surface area (Å²) >= 11 is 0. The van der Waals surface area contributed by atoms with Crippen molar-refractivity contribution in [3.05, 3.63) is 58.6 Å². The van der Waals surface area contributed by atoms with Gasteiger partial charge in [0.25, 0.3) is 12.3 Å². The highest BCUT2D eigenvalue weighted by Gasteiger charge is 2.29. The number of pyridine rings is 1. The van der Waals surface area contributed by atoms with Crippen molar-refractivity contribution in [1.29, 1.82) is 0 Å². The molecule has 3 aromatic rings. The maximum absolute atomic E-state index is 13.2. The molecule has 2 amide bonds. The smallest absolute Gasteiger partial charge is 0.280 e. The van der Waals surface area contributed by atoms with Gasteiger partial charge >= 0.3 is 0 Å². The van der Waals surface area contributed by atoms with Crippen molar-refractivity contribution in [3.8, 4) is 5.75 Å². The molecule has 0 fully saturated rings. The van der Waals surface area contributed by atoms with Crippen molar-refractivity contribution in [1.82, 2.24) is 4.98 Å². The highest BCUT2D eigenvalue weighted by molar-refractivity contribution is 6.09. The van der Waals surface area contributed by atoms with E-state index in [0.717, 1.165) is 0 Å². The quantitative estimate of drug-likeness (QED) is 0.512. The number of carbonyl (C=O) groups excluding carboxylic acids is 2. The first kappa shape index (κ1) is 21.2. The van der Waals surface area contributed by atoms with E-state index < -0.39 is 36.5 Å². The first-order valence-corrected chi connectivity index (χ1v) is 8.86. The minimum absolute atomic E-state index is 0.0137. The average molecular weight is 419 g/mol. The number of nitrogens with zero attached hydrogens (tertiary/aromatic N) is 1. The Bertz CT molecular complexity index is 1110. The molecule has 2 heterocycles. The third-order valence-corrected chi connectivity index (χ3v) is 4.67. The predicted molar refractivity (Wildman–Crippen MR) is 102 cm³/mol. The summed E-state index contributed by atoms with van der Waals surface area (Å²) in [5, 5.41) is 9.94. The molecule has 8 nitrogen and oxygen atoms in total. The number of carbonyl (C=O) groups is 2. The van der Waals surface area contributed by atoms with Crippen LogP contribution in [0.25, 0.3) is 11.0 Å². The fourth-order valence-corrected chi connectivity index (χ4v) is 3.33. The summed E-state index contributed by atoms with van der Waals surface area (Å²) in [6.45, 7) is 0.543. The number of aromatic nitrogens is 1. The minimum atomic E-state index is -2.81. The highest BCUT2D eigenvalue weighted by Crippen LogP contribution is 2.39. The highest BCUT2D eigenvalue weighted by atomic mass is 19.3. The monoisotopic (exact) mass is 419 g/mol. The van der Waals surface area contributed by atoms with Crippen LogP contribution in [0.5, 0.6) is 5.75 Å². The van der Waals surface area contributed by atoms with Crippen LogP contribution in [0.4, 0.5) is 8.78 Å². The van der Waals surface area contributed by atoms with Crippen LogP contribution < -0.4 is 16.2 Å². The summed E-state index contributed by atoms with van der Waals surface area (Å²) in [4.78, 5) is 27.6. The number of nitrogens with two attached hydrogens (primary N) is 2. The molecule has 0 saturated carbocycles. The first-order valence-electron chi connectivity index (χ1n) is 8.86. The lowest BCUT2D eigenvalue weighted by Gasteiger charge is -2.18. The van der Waals surface area contributed by atoms with Crippen LogP contribution >= 0.6 is 0 Å². The fourth-order valence-electron chi connectivity index (χ4n) is 3.33. The predicted octanol–water partition coefficient (Wildman–Crippen LogP) is 2.31. The molecule has 158 valence electrons. The van der Waals surface area contributed by atoms with Gasteiger partial charge in [0.1, 0.15) is 29.4 Å². The molecular formula is C20H19F2N3O5. The second-order valence-electron chi connectivity index (χ2n) is 6.52. The lowest BCUT2D eigenvalue weighted by molar-refractivity contribution is -0.120. The molecule has 0 aliphatic rings. The van der Waals surface area contributed by atoms with Gasteiger partial charge in [-0.2, -0.15) is 0 Å². The molecule has 10 heteroatoms. The Kier molecular flexibility index (Phi) is 5.97. The van der Waals surface area contributed by atoms with Gasteiger partial charge in [-0.1, -0.05) is 6.07 Å². The van der Waals surface area contributed by atoms with E-state index in [1.165, 1.54) is 37.4 Å². The van der Waals surface area contributed by atoms with E-state index in [0.29, 0.717) is 0 Å². The van der Waals surface area contributed by atoms with Crippen LogP contribution in [0.1, 0.15) is 45.3 Å². The number of aliphatic hydroxyl groups is 1. The van der Waals surface area contributed by atoms with Gasteiger partial charge in [-0.25, -0.2) is 8.78 Å². The summed E-state index contributed by atoms with van der Waals surface area (Å²) in [6.07, 6.45) is -1.56. The molecule has 0 aliphatic heterocycles. The second-order valence-corrected chi connectivity index (χ2v) is 6.52. The zero-order valence-electron chi connectivity index (χ0n) is 15.9. The molecule has 2 aromatic heterocycles. The van der Waals surface area contributed by atoms with Gasteiger partial charge in [0.05, 0.1) is 18.1 Å². The number of alkyl halides is 2. The van der Waals surface area contributed by atoms with Crippen LogP contribution in [-0.4, -0.2) is 28.5 Å².